The molecule has 0 saturated carbocycles. The molecule has 0 aromatic heterocycles. The van der Waals surface area contributed by atoms with E-state index in [1.807, 2.05) is 37.3 Å². The van der Waals surface area contributed by atoms with E-state index in [4.69, 9.17) is 4.74 Å². The van der Waals surface area contributed by atoms with E-state index >= 15 is 0 Å². The van der Waals surface area contributed by atoms with Gasteiger partial charge < -0.3 is 10.1 Å². The van der Waals surface area contributed by atoms with E-state index in [0.717, 1.165) is 30.4 Å². The van der Waals surface area contributed by atoms with Crippen molar-refractivity contribution in [2.24, 2.45) is 0 Å². The van der Waals surface area contributed by atoms with Crippen LogP contribution in [0, 0.1) is 0 Å². The molecule has 3 heteroatoms. The summed E-state index contributed by atoms with van der Waals surface area (Å²) in [5.41, 5.74) is 1.95. The van der Waals surface area contributed by atoms with Gasteiger partial charge in [-0.05, 0) is 18.9 Å². The van der Waals surface area contributed by atoms with Crippen molar-refractivity contribution in [3.05, 3.63) is 48.0 Å². The molecular weight excluding hydrogens is 238 g/mol. The number of ether oxygens (including phenoxy) is 1. The third kappa shape index (κ3) is 6.09. The van der Waals surface area contributed by atoms with Crippen LogP contribution in [0.4, 0.5) is 4.79 Å². The molecule has 0 aliphatic rings. The van der Waals surface area contributed by atoms with Gasteiger partial charge in [0.25, 0.3) is 0 Å². The normalized spacial score (nSPS) is 11.7. The summed E-state index contributed by atoms with van der Waals surface area (Å²) in [5, 5.41) is 2.86. The Morgan fingerprint density at radius 3 is 2.63 bits per heavy atom. The van der Waals surface area contributed by atoms with Crippen LogP contribution in [0.1, 0.15) is 38.7 Å². The Bertz CT molecular complexity index is 400. The van der Waals surface area contributed by atoms with Crippen molar-refractivity contribution in [3.63, 3.8) is 0 Å². The highest BCUT2D eigenvalue weighted by Crippen LogP contribution is 2.09. The van der Waals surface area contributed by atoms with Crippen molar-refractivity contribution >= 4 is 6.09 Å². The minimum atomic E-state index is -0.382. The molecule has 1 N–H and O–H groups in total. The van der Waals surface area contributed by atoms with Gasteiger partial charge in [-0.15, -0.1) is 0 Å². The topological polar surface area (TPSA) is 38.3 Å². The number of hydrogen-bond acceptors (Lipinski definition) is 2. The molecule has 0 bridgehead atoms. The maximum atomic E-state index is 11.7. The van der Waals surface area contributed by atoms with Gasteiger partial charge in [-0.1, -0.05) is 62.2 Å². The fourth-order valence-corrected chi connectivity index (χ4v) is 1.76. The molecule has 1 aromatic carbocycles. The van der Waals surface area contributed by atoms with Gasteiger partial charge >= 0.3 is 6.09 Å². The van der Waals surface area contributed by atoms with Gasteiger partial charge in [0.1, 0.15) is 6.61 Å². The molecular formula is C16H23NO2. The fourth-order valence-electron chi connectivity index (χ4n) is 1.76. The van der Waals surface area contributed by atoms with Crippen LogP contribution in [0.25, 0.3) is 0 Å². The van der Waals surface area contributed by atoms with E-state index in [2.05, 4.69) is 18.8 Å². The molecule has 1 atom stereocenters. The van der Waals surface area contributed by atoms with E-state index < -0.39 is 0 Å². The molecule has 0 radical (unpaired) electrons. The summed E-state index contributed by atoms with van der Waals surface area (Å²) in [4.78, 5) is 11.7. The number of carbonyl (C=O) groups is 1. The standard InChI is InChI=1S/C16H23NO2/c1-4-5-11-15(13(2)3)17-16(18)19-12-14-9-7-6-8-10-14/h6-10,15H,2,4-5,11-12H2,1,3H3,(H,17,18)/t15-/m0/s1. The zero-order valence-corrected chi connectivity index (χ0v) is 11.8. The summed E-state index contributed by atoms with van der Waals surface area (Å²) in [5.74, 6) is 0. The van der Waals surface area contributed by atoms with Crippen LogP contribution in [0.3, 0.4) is 0 Å². The monoisotopic (exact) mass is 261 g/mol. The van der Waals surface area contributed by atoms with E-state index in [0.29, 0.717) is 6.61 Å². The SMILES string of the molecule is C=C(C)[C@H](CCCC)NC(=O)OCc1ccccc1. The summed E-state index contributed by atoms with van der Waals surface area (Å²) in [7, 11) is 0. The molecule has 1 amide bonds. The molecule has 0 heterocycles. The smallest absolute Gasteiger partial charge is 0.407 e. The largest absolute Gasteiger partial charge is 0.445 e. The fraction of sp³-hybridized carbons (Fsp3) is 0.438. The Morgan fingerprint density at radius 2 is 2.05 bits per heavy atom. The lowest BCUT2D eigenvalue weighted by Crippen LogP contribution is -2.35. The molecule has 3 nitrogen and oxygen atoms in total. The zero-order valence-electron chi connectivity index (χ0n) is 11.8. The summed E-state index contributed by atoms with van der Waals surface area (Å²) in [6, 6.07) is 9.65. The summed E-state index contributed by atoms with van der Waals surface area (Å²) < 4.78 is 5.20. The number of benzene rings is 1. The predicted octanol–water partition coefficient (Wildman–Crippen LogP) is 4.05. The number of alkyl carbamates (subject to hydrolysis) is 1. The molecule has 0 aliphatic carbocycles. The van der Waals surface area contributed by atoms with Gasteiger partial charge in [-0.2, -0.15) is 0 Å². The second-order valence-electron chi connectivity index (χ2n) is 4.75. The Morgan fingerprint density at radius 1 is 1.37 bits per heavy atom. The van der Waals surface area contributed by atoms with Crippen LogP contribution in [0.2, 0.25) is 0 Å². The lowest BCUT2D eigenvalue weighted by atomic mass is 10.0. The van der Waals surface area contributed by atoms with Crippen molar-refractivity contribution in [3.8, 4) is 0 Å². The maximum Gasteiger partial charge on any atom is 0.407 e. The Hall–Kier alpha value is -1.77. The van der Waals surface area contributed by atoms with Crippen molar-refractivity contribution in [1.29, 1.82) is 0 Å². The number of nitrogens with one attached hydrogen (secondary N) is 1. The number of amides is 1. The van der Waals surface area contributed by atoms with Crippen LogP contribution in [-0.2, 0) is 11.3 Å². The van der Waals surface area contributed by atoms with Crippen LogP contribution < -0.4 is 5.32 Å². The van der Waals surface area contributed by atoms with Gasteiger partial charge in [-0.25, -0.2) is 4.79 Å². The molecule has 0 aliphatic heterocycles. The van der Waals surface area contributed by atoms with Crippen LogP contribution in [-0.4, -0.2) is 12.1 Å². The van der Waals surface area contributed by atoms with Crippen LogP contribution in [0.15, 0.2) is 42.5 Å². The summed E-state index contributed by atoms with van der Waals surface area (Å²) in [6.07, 6.45) is 2.70. The van der Waals surface area contributed by atoms with Crippen molar-refractivity contribution < 1.29 is 9.53 Å². The Balaban J connectivity index is 2.38. The van der Waals surface area contributed by atoms with Crippen LogP contribution >= 0.6 is 0 Å². The second kappa shape index (κ2) is 8.35. The number of unbranched alkanes of at least 4 members (excludes halogenated alkanes) is 1. The highest BCUT2D eigenvalue weighted by atomic mass is 16.5. The average molecular weight is 261 g/mol. The number of hydrogen-bond donors (Lipinski definition) is 1. The number of rotatable bonds is 7. The molecule has 0 fully saturated rings. The zero-order chi connectivity index (χ0) is 14.1. The predicted molar refractivity (Wildman–Crippen MR) is 77.9 cm³/mol. The van der Waals surface area contributed by atoms with Crippen LogP contribution in [0.5, 0.6) is 0 Å². The summed E-state index contributed by atoms with van der Waals surface area (Å²) in [6.45, 7) is 8.26. The van der Waals surface area contributed by atoms with Gasteiger partial charge in [-0.3, -0.25) is 0 Å². The first-order valence-electron chi connectivity index (χ1n) is 6.76. The Kier molecular flexibility index (Phi) is 6.72. The molecule has 0 spiro atoms. The summed E-state index contributed by atoms with van der Waals surface area (Å²) >= 11 is 0. The third-order valence-electron chi connectivity index (χ3n) is 2.95. The molecule has 19 heavy (non-hydrogen) atoms. The van der Waals surface area contributed by atoms with E-state index in [-0.39, 0.29) is 12.1 Å². The Labute approximate surface area is 115 Å². The molecule has 1 aromatic rings. The average Bonchev–Trinajstić information content (AvgIpc) is 2.42. The van der Waals surface area contributed by atoms with Gasteiger partial charge in [0.05, 0.1) is 6.04 Å². The lowest BCUT2D eigenvalue weighted by Gasteiger charge is -2.18. The maximum absolute atomic E-state index is 11.7. The highest BCUT2D eigenvalue weighted by molar-refractivity contribution is 5.68. The van der Waals surface area contributed by atoms with Crippen molar-refractivity contribution in [2.45, 2.75) is 45.8 Å². The third-order valence-corrected chi connectivity index (χ3v) is 2.95. The minimum Gasteiger partial charge on any atom is -0.445 e. The first-order valence-corrected chi connectivity index (χ1v) is 6.76. The van der Waals surface area contributed by atoms with Crippen molar-refractivity contribution in [2.75, 3.05) is 0 Å². The lowest BCUT2D eigenvalue weighted by molar-refractivity contribution is 0.136. The first-order chi connectivity index (χ1) is 9.13. The highest BCUT2D eigenvalue weighted by Gasteiger charge is 2.13. The van der Waals surface area contributed by atoms with Gasteiger partial charge in [0, 0.05) is 0 Å². The first kappa shape index (κ1) is 15.3. The van der Waals surface area contributed by atoms with Gasteiger partial charge in [0.2, 0.25) is 0 Å². The quantitative estimate of drug-likeness (QED) is 0.752. The molecule has 1 rings (SSSR count). The van der Waals surface area contributed by atoms with Crippen molar-refractivity contribution in [1.82, 2.24) is 5.32 Å². The van der Waals surface area contributed by atoms with E-state index in [1.54, 1.807) is 0 Å². The minimum absolute atomic E-state index is 0.00298. The number of carbonyl (C=O) groups excluding carboxylic acids is 1. The molecule has 0 saturated heterocycles. The second-order valence-corrected chi connectivity index (χ2v) is 4.75. The van der Waals surface area contributed by atoms with Gasteiger partial charge in [0.15, 0.2) is 0 Å². The van der Waals surface area contributed by atoms with E-state index in [9.17, 15) is 4.79 Å². The van der Waals surface area contributed by atoms with E-state index in [1.165, 1.54) is 0 Å². The molecule has 104 valence electrons. The molecule has 0 unspecified atom stereocenters.